The van der Waals surface area contributed by atoms with E-state index in [1.54, 1.807) is 0 Å². The first-order valence-corrected chi connectivity index (χ1v) is 9.94. The summed E-state index contributed by atoms with van der Waals surface area (Å²) in [6.45, 7) is 0.523. The van der Waals surface area contributed by atoms with E-state index >= 15 is 0 Å². The molecule has 1 unspecified atom stereocenters. The number of hydrogen-bond acceptors (Lipinski definition) is 4. The average molecular weight is 442 g/mol. The Morgan fingerprint density at radius 3 is 2.53 bits per heavy atom. The highest BCUT2D eigenvalue weighted by Crippen LogP contribution is 2.39. The highest BCUT2D eigenvalue weighted by atomic mass is 35.5. The van der Waals surface area contributed by atoms with Crippen molar-refractivity contribution in [2.45, 2.75) is 37.7 Å². The van der Waals surface area contributed by atoms with Gasteiger partial charge >= 0.3 is 6.09 Å². The number of nitrogens with zero attached hydrogens (tertiary/aromatic N) is 1. The van der Waals surface area contributed by atoms with E-state index in [1.165, 1.54) is 12.1 Å². The van der Waals surface area contributed by atoms with Crippen LogP contribution in [0.3, 0.4) is 0 Å². The molecule has 2 heterocycles. The molecule has 30 heavy (non-hydrogen) atoms. The second kappa shape index (κ2) is 8.83. The largest absolute Gasteiger partial charge is 0.441 e. The molecule has 160 valence electrons. The number of carbonyl (C=O) groups excluding carboxylic acids is 1. The lowest BCUT2D eigenvalue weighted by Crippen LogP contribution is -2.33. The quantitative estimate of drug-likeness (QED) is 0.626. The molecule has 2 aliphatic heterocycles. The first-order valence-electron chi connectivity index (χ1n) is 9.56. The maximum Gasteiger partial charge on any atom is 0.415 e. The van der Waals surface area contributed by atoms with Gasteiger partial charge in [0, 0.05) is 12.7 Å². The fourth-order valence-corrected chi connectivity index (χ4v) is 3.83. The molecule has 4 rings (SSSR count). The number of carbonyl (C=O) groups is 1. The fourth-order valence-electron chi connectivity index (χ4n) is 3.71. The van der Waals surface area contributed by atoms with Crippen molar-refractivity contribution in [3.05, 3.63) is 64.4 Å². The number of hydrogen-bond donors (Lipinski definition) is 0. The molecule has 2 aromatic carbocycles. The monoisotopic (exact) mass is 441 g/mol. The SMILES string of the molecule is O=C1O[C@@H](COC2CCCCO2)[C@H](c2cc(F)cc(F)c2)N1c1ccc(Cl)c(F)c1. The van der Waals surface area contributed by atoms with Gasteiger partial charge in [0.2, 0.25) is 0 Å². The third-order valence-electron chi connectivity index (χ3n) is 5.07. The molecule has 0 spiro atoms. The molecule has 2 saturated heterocycles. The topological polar surface area (TPSA) is 48.0 Å². The van der Waals surface area contributed by atoms with Crippen LogP contribution in [0.2, 0.25) is 5.02 Å². The summed E-state index contributed by atoms with van der Waals surface area (Å²) < 4.78 is 58.6. The zero-order chi connectivity index (χ0) is 21.3. The van der Waals surface area contributed by atoms with Crippen LogP contribution in [0.4, 0.5) is 23.7 Å². The number of benzene rings is 2. The second-order valence-corrected chi connectivity index (χ2v) is 7.57. The normalized spacial score (nSPS) is 24.2. The predicted octanol–water partition coefficient (Wildman–Crippen LogP) is 5.37. The molecule has 0 radical (unpaired) electrons. The molecule has 1 amide bonds. The Morgan fingerprint density at radius 1 is 1.10 bits per heavy atom. The minimum atomic E-state index is -0.938. The molecular formula is C21H19ClF3NO4. The van der Waals surface area contributed by atoms with Crippen LogP contribution in [0.25, 0.3) is 0 Å². The molecule has 0 bridgehead atoms. The number of rotatable bonds is 5. The van der Waals surface area contributed by atoms with Gasteiger partial charge in [-0.2, -0.15) is 0 Å². The fraction of sp³-hybridized carbons (Fsp3) is 0.381. The molecule has 5 nitrogen and oxygen atoms in total. The molecule has 3 atom stereocenters. The summed E-state index contributed by atoms with van der Waals surface area (Å²) >= 11 is 5.74. The van der Waals surface area contributed by atoms with Crippen LogP contribution in [-0.2, 0) is 14.2 Å². The van der Waals surface area contributed by atoms with Gasteiger partial charge in [-0.15, -0.1) is 0 Å². The van der Waals surface area contributed by atoms with Gasteiger partial charge in [0.05, 0.1) is 17.3 Å². The Balaban J connectivity index is 1.66. The molecule has 9 heteroatoms. The molecule has 0 N–H and O–H groups in total. The van der Waals surface area contributed by atoms with E-state index in [2.05, 4.69) is 0 Å². The van der Waals surface area contributed by atoms with Gasteiger partial charge in [-0.3, -0.25) is 4.90 Å². The van der Waals surface area contributed by atoms with Crippen LogP contribution >= 0.6 is 11.6 Å². The van der Waals surface area contributed by atoms with Crippen molar-refractivity contribution in [3.63, 3.8) is 0 Å². The Morgan fingerprint density at radius 2 is 1.87 bits per heavy atom. The second-order valence-electron chi connectivity index (χ2n) is 7.17. The minimum absolute atomic E-state index is 0.0498. The van der Waals surface area contributed by atoms with Crippen LogP contribution in [0.15, 0.2) is 36.4 Å². The molecule has 0 aromatic heterocycles. The van der Waals surface area contributed by atoms with Crippen LogP contribution in [0.1, 0.15) is 30.9 Å². The zero-order valence-corrected chi connectivity index (χ0v) is 16.6. The Hall–Kier alpha value is -2.29. The Bertz CT molecular complexity index is 918. The smallest absolute Gasteiger partial charge is 0.415 e. The Labute approximate surface area is 176 Å². The molecule has 2 aromatic rings. The first-order chi connectivity index (χ1) is 14.4. The van der Waals surface area contributed by atoms with Gasteiger partial charge < -0.3 is 14.2 Å². The van der Waals surface area contributed by atoms with Crippen molar-refractivity contribution < 1.29 is 32.2 Å². The minimum Gasteiger partial charge on any atom is -0.441 e. The van der Waals surface area contributed by atoms with Crippen molar-refractivity contribution in [2.24, 2.45) is 0 Å². The van der Waals surface area contributed by atoms with Crippen molar-refractivity contribution >= 4 is 23.4 Å². The summed E-state index contributed by atoms with van der Waals surface area (Å²) in [5.74, 6) is -2.34. The van der Waals surface area contributed by atoms with Crippen molar-refractivity contribution in [3.8, 4) is 0 Å². The Kier molecular flexibility index (Phi) is 6.17. The van der Waals surface area contributed by atoms with Gasteiger partial charge in [-0.05, 0) is 55.2 Å². The third-order valence-corrected chi connectivity index (χ3v) is 5.38. The van der Waals surface area contributed by atoms with Crippen LogP contribution in [-0.4, -0.2) is 31.7 Å². The standard InChI is InChI=1S/C21H19ClF3NO4/c22-16-5-4-15(10-17(16)25)26-20(12-7-13(23)9-14(24)8-12)18(30-21(26)27)11-29-19-3-1-2-6-28-19/h4-5,7-10,18-20H,1-3,6,11H2/t18-,19?,20-/m0/s1. The number of ether oxygens (including phenoxy) is 3. The first kappa shape index (κ1) is 21.0. The summed E-state index contributed by atoms with van der Waals surface area (Å²) in [4.78, 5) is 13.8. The number of amides is 1. The van der Waals surface area contributed by atoms with Crippen LogP contribution < -0.4 is 4.90 Å². The van der Waals surface area contributed by atoms with Crippen molar-refractivity contribution in [1.82, 2.24) is 0 Å². The molecule has 0 aliphatic carbocycles. The summed E-state index contributed by atoms with van der Waals surface area (Å²) in [5.41, 5.74) is 0.305. The van der Waals surface area contributed by atoms with E-state index < -0.39 is 42.0 Å². The molecular weight excluding hydrogens is 423 g/mol. The maximum absolute atomic E-state index is 14.0. The lowest BCUT2D eigenvalue weighted by molar-refractivity contribution is -0.174. The summed E-state index contributed by atoms with van der Waals surface area (Å²) in [6, 6.07) is 5.81. The molecule has 0 saturated carbocycles. The summed E-state index contributed by atoms with van der Waals surface area (Å²) in [6.07, 6.45) is 0.479. The average Bonchev–Trinajstić information content (AvgIpc) is 3.05. The van der Waals surface area contributed by atoms with Crippen molar-refractivity contribution in [1.29, 1.82) is 0 Å². The predicted molar refractivity (Wildman–Crippen MR) is 103 cm³/mol. The van der Waals surface area contributed by atoms with E-state index in [4.69, 9.17) is 25.8 Å². The lowest BCUT2D eigenvalue weighted by atomic mass is 10.00. The number of halogens is 4. The van der Waals surface area contributed by atoms with Gasteiger partial charge in [-0.1, -0.05) is 11.6 Å². The van der Waals surface area contributed by atoms with Crippen LogP contribution in [0, 0.1) is 17.5 Å². The zero-order valence-electron chi connectivity index (χ0n) is 15.8. The van der Waals surface area contributed by atoms with Gasteiger partial charge in [0.15, 0.2) is 12.4 Å². The molecule has 2 aliphatic rings. The lowest BCUT2D eigenvalue weighted by Gasteiger charge is -2.27. The van der Waals surface area contributed by atoms with Gasteiger partial charge in [-0.25, -0.2) is 18.0 Å². The van der Waals surface area contributed by atoms with E-state index in [1.807, 2.05) is 0 Å². The summed E-state index contributed by atoms with van der Waals surface area (Å²) in [7, 11) is 0. The third kappa shape index (κ3) is 4.40. The highest BCUT2D eigenvalue weighted by molar-refractivity contribution is 6.30. The maximum atomic E-state index is 14.0. The number of cyclic esters (lactones) is 1. The van der Waals surface area contributed by atoms with E-state index in [0.29, 0.717) is 13.0 Å². The van der Waals surface area contributed by atoms with Crippen LogP contribution in [0.5, 0.6) is 0 Å². The van der Waals surface area contributed by atoms with Gasteiger partial charge in [0.1, 0.15) is 23.5 Å². The van der Waals surface area contributed by atoms with Gasteiger partial charge in [0.25, 0.3) is 0 Å². The van der Waals surface area contributed by atoms with Crippen molar-refractivity contribution in [2.75, 3.05) is 18.1 Å². The number of anilines is 1. The highest BCUT2D eigenvalue weighted by Gasteiger charge is 2.44. The van der Waals surface area contributed by atoms with E-state index in [0.717, 1.165) is 42.0 Å². The van der Waals surface area contributed by atoms with E-state index in [-0.39, 0.29) is 22.9 Å². The molecule has 2 fully saturated rings. The van der Waals surface area contributed by atoms with E-state index in [9.17, 15) is 18.0 Å². The summed E-state index contributed by atoms with van der Waals surface area (Å²) in [5, 5.41) is -0.117.